The fourth-order valence-corrected chi connectivity index (χ4v) is 2.94. The molecule has 0 atom stereocenters. The molecular formula is C21H20FN5O2. The molecule has 29 heavy (non-hydrogen) atoms. The molecule has 0 bridgehead atoms. The van der Waals surface area contributed by atoms with Crippen molar-refractivity contribution in [3.8, 4) is 17.5 Å². The lowest BCUT2D eigenvalue weighted by molar-refractivity contribution is 0.0950. The quantitative estimate of drug-likeness (QED) is 0.601. The van der Waals surface area contributed by atoms with Gasteiger partial charge in [0.1, 0.15) is 29.0 Å². The first-order valence-corrected chi connectivity index (χ1v) is 8.99. The Kier molecular flexibility index (Phi) is 6.09. The predicted molar refractivity (Wildman–Crippen MR) is 106 cm³/mol. The molecule has 0 saturated carbocycles. The van der Waals surface area contributed by atoms with E-state index in [9.17, 15) is 14.4 Å². The second-order valence-electron chi connectivity index (χ2n) is 6.27. The van der Waals surface area contributed by atoms with Crippen molar-refractivity contribution in [2.24, 2.45) is 0 Å². The van der Waals surface area contributed by atoms with E-state index in [0.29, 0.717) is 42.1 Å². The van der Waals surface area contributed by atoms with Crippen LogP contribution in [0.4, 0.5) is 10.2 Å². The standard InChI is InChI=1S/C21H20FN5O2/c1-29-19-7-3-2-5-16(19)21(28)25-12-4-6-18-17(13-23)20(24)27(26-18)15-10-8-14(22)9-11-15/h2-3,5,7-11H,4,6,12,24H2,1H3,(H,25,28). The Morgan fingerprint density at radius 1 is 1.28 bits per heavy atom. The summed E-state index contributed by atoms with van der Waals surface area (Å²) >= 11 is 0. The topological polar surface area (TPSA) is 106 Å². The number of nitrogen functional groups attached to an aromatic ring is 1. The molecule has 1 heterocycles. The average Bonchev–Trinajstić information content (AvgIpc) is 3.06. The van der Waals surface area contributed by atoms with E-state index in [-0.39, 0.29) is 23.1 Å². The highest BCUT2D eigenvalue weighted by Crippen LogP contribution is 2.22. The van der Waals surface area contributed by atoms with Crippen molar-refractivity contribution in [1.82, 2.24) is 15.1 Å². The average molecular weight is 393 g/mol. The number of hydrogen-bond acceptors (Lipinski definition) is 5. The molecule has 1 amide bonds. The fourth-order valence-electron chi connectivity index (χ4n) is 2.94. The van der Waals surface area contributed by atoms with Crippen molar-refractivity contribution < 1.29 is 13.9 Å². The van der Waals surface area contributed by atoms with Crippen LogP contribution in [0.5, 0.6) is 5.75 Å². The summed E-state index contributed by atoms with van der Waals surface area (Å²) in [5.74, 6) is 0.0973. The van der Waals surface area contributed by atoms with Gasteiger partial charge in [0.25, 0.3) is 5.91 Å². The highest BCUT2D eigenvalue weighted by Gasteiger charge is 2.17. The first-order chi connectivity index (χ1) is 14.0. The van der Waals surface area contributed by atoms with Crippen LogP contribution >= 0.6 is 0 Å². The molecule has 0 aliphatic heterocycles. The summed E-state index contributed by atoms with van der Waals surface area (Å²) in [7, 11) is 1.51. The van der Waals surface area contributed by atoms with Gasteiger partial charge in [-0.2, -0.15) is 10.4 Å². The van der Waals surface area contributed by atoms with Gasteiger partial charge in [0.15, 0.2) is 0 Å². The van der Waals surface area contributed by atoms with Crippen LogP contribution < -0.4 is 15.8 Å². The summed E-state index contributed by atoms with van der Waals surface area (Å²) < 4.78 is 19.7. The number of ether oxygens (including phenoxy) is 1. The Bertz CT molecular complexity index is 1050. The summed E-state index contributed by atoms with van der Waals surface area (Å²) in [4.78, 5) is 12.3. The number of nitrogens with zero attached hydrogens (tertiary/aromatic N) is 3. The van der Waals surface area contributed by atoms with Crippen molar-refractivity contribution in [3.05, 3.63) is 71.2 Å². The minimum absolute atomic E-state index is 0.201. The monoisotopic (exact) mass is 393 g/mol. The summed E-state index contributed by atoms with van der Waals surface area (Å²) in [6.45, 7) is 0.394. The zero-order valence-electron chi connectivity index (χ0n) is 15.9. The van der Waals surface area contributed by atoms with E-state index in [1.54, 1.807) is 24.3 Å². The summed E-state index contributed by atoms with van der Waals surface area (Å²) in [6.07, 6.45) is 1.02. The van der Waals surface area contributed by atoms with Crippen molar-refractivity contribution >= 4 is 11.7 Å². The summed E-state index contributed by atoms with van der Waals surface area (Å²) in [5, 5.41) is 16.7. The lowest BCUT2D eigenvalue weighted by atomic mass is 10.1. The molecular weight excluding hydrogens is 373 g/mol. The van der Waals surface area contributed by atoms with Crippen LogP contribution in [0.3, 0.4) is 0 Å². The molecule has 3 rings (SSSR count). The number of rotatable bonds is 7. The number of aryl methyl sites for hydroxylation is 1. The molecule has 0 radical (unpaired) electrons. The van der Waals surface area contributed by atoms with Gasteiger partial charge >= 0.3 is 0 Å². The van der Waals surface area contributed by atoms with Crippen LogP contribution in [-0.2, 0) is 6.42 Å². The summed E-state index contributed by atoms with van der Waals surface area (Å²) in [5.41, 5.74) is 7.88. The van der Waals surface area contributed by atoms with Gasteiger partial charge in [-0.25, -0.2) is 9.07 Å². The Labute approximate surface area is 167 Å². The number of hydrogen-bond donors (Lipinski definition) is 2. The molecule has 2 aromatic carbocycles. The van der Waals surface area contributed by atoms with Gasteiger partial charge in [0, 0.05) is 6.54 Å². The summed E-state index contributed by atoms with van der Waals surface area (Å²) in [6, 6.07) is 14.7. The number of benzene rings is 2. The van der Waals surface area contributed by atoms with Crippen molar-refractivity contribution in [1.29, 1.82) is 5.26 Å². The molecule has 8 heteroatoms. The van der Waals surface area contributed by atoms with E-state index in [1.165, 1.54) is 36.1 Å². The van der Waals surface area contributed by atoms with Crippen LogP contribution in [0.25, 0.3) is 5.69 Å². The molecule has 1 aromatic heterocycles. The third-order valence-electron chi connectivity index (χ3n) is 4.40. The predicted octanol–water partition coefficient (Wildman–Crippen LogP) is 2.84. The van der Waals surface area contributed by atoms with Gasteiger partial charge in [-0.3, -0.25) is 4.79 Å². The number of carbonyl (C=O) groups excluding carboxylic acids is 1. The SMILES string of the molecule is COc1ccccc1C(=O)NCCCc1nn(-c2ccc(F)cc2)c(N)c1C#N. The first kappa shape index (κ1) is 19.9. The first-order valence-electron chi connectivity index (χ1n) is 8.99. The van der Waals surface area contributed by atoms with E-state index in [4.69, 9.17) is 10.5 Å². The van der Waals surface area contributed by atoms with E-state index in [2.05, 4.69) is 16.5 Å². The number of nitrogens with two attached hydrogens (primary N) is 1. The largest absolute Gasteiger partial charge is 0.496 e. The minimum Gasteiger partial charge on any atom is -0.496 e. The lowest BCUT2D eigenvalue weighted by Crippen LogP contribution is -2.25. The minimum atomic E-state index is -0.369. The van der Waals surface area contributed by atoms with Gasteiger partial charge in [-0.1, -0.05) is 12.1 Å². The number of anilines is 1. The molecule has 3 aromatic rings. The number of para-hydroxylation sites is 1. The van der Waals surface area contributed by atoms with Gasteiger partial charge in [-0.05, 0) is 49.2 Å². The zero-order chi connectivity index (χ0) is 20.8. The van der Waals surface area contributed by atoms with Crippen LogP contribution in [-0.4, -0.2) is 29.3 Å². The maximum Gasteiger partial charge on any atom is 0.255 e. The molecule has 3 N–H and O–H groups in total. The number of aromatic nitrogens is 2. The van der Waals surface area contributed by atoms with Crippen LogP contribution in [0.15, 0.2) is 48.5 Å². The Hall–Kier alpha value is -3.86. The molecule has 148 valence electrons. The molecule has 0 aliphatic rings. The smallest absolute Gasteiger partial charge is 0.255 e. The normalized spacial score (nSPS) is 10.4. The third kappa shape index (κ3) is 4.35. The molecule has 7 nitrogen and oxygen atoms in total. The highest BCUT2D eigenvalue weighted by atomic mass is 19.1. The van der Waals surface area contributed by atoms with Crippen molar-refractivity contribution in [3.63, 3.8) is 0 Å². The van der Waals surface area contributed by atoms with Gasteiger partial charge in [0.2, 0.25) is 0 Å². The number of halogens is 1. The number of carbonyl (C=O) groups is 1. The molecule has 0 unspecified atom stereocenters. The van der Waals surface area contributed by atoms with Gasteiger partial charge in [-0.15, -0.1) is 0 Å². The maximum atomic E-state index is 13.1. The van der Waals surface area contributed by atoms with E-state index >= 15 is 0 Å². The van der Waals surface area contributed by atoms with Crippen molar-refractivity contribution in [2.75, 3.05) is 19.4 Å². The third-order valence-corrected chi connectivity index (χ3v) is 4.40. The Morgan fingerprint density at radius 2 is 2.00 bits per heavy atom. The van der Waals surface area contributed by atoms with E-state index < -0.39 is 0 Å². The van der Waals surface area contributed by atoms with Gasteiger partial charge in [0.05, 0.1) is 24.1 Å². The fraction of sp³-hybridized carbons (Fsp3) is 0.190. The van der Waals surface area contributed by atoms with Crippen LogP contribution in [0, 0.1) is 17.1 Å². The second-order valence-corrected chi connectivity index (χ2v) is 6.27. The van der Waals surface area contributed by atoms with Crippen LogP contribution in [0.2, 0.25) is 0 Å². The second kappa shape index (κ2) is 8.89. The molecule has 0 spiro atoms. The molecule has 0 fully saturated rings. The van der Waals surface area contributed by atoms with Crippen LogP contribution in [0.1, 0.15) is 28.0 Å². The zero-order valence-corrected chi connectivity index (χ0v) is 15.9. The highest BCUT2D eigenvalue weighted by molar-refractivity contribution is 5.96. The number of amides is 1. The maximum absolute atomic E-state index is 13.1. The van der Waals surface area contributed by atoms with Gasteiger partial charge < -0.3 is 15.8 Å². The van der Waals surface area contributed by atoms with E-state index in [0.717, 1.165) is 0 Å². The molecule has 0 saturated heterocycles. The molecule has 0 aliphatic carbocycles. The van der Waals surface area contributed by atoms with Crippen molar-refractivity contribution in [2.45, 2.75) is 12.8 Å². The Morgan fingerprint density at radius 3 is 2.69 bits per heavy atom. The van der Waals surface area contributed by atoms with E-state index in [1.807, 2.05) is 0 Å². The number of nitriles is 1. The number of nitrogens with one attached hydrogen (secondary N) is 1. The lowest BCUT2D eigenvalue weighted by Gasteiger charge is -2.08. The Balaban J connectivity index is 1.65. The number of methoxy groups -OCH3 is 1.